The Balaban J connectivity index is 1.53. The predicted molar refractivity (Wildman–Crippen MR) is 112 cm³/mol. The van der Waals surface area contributed by atoms with Crippen molar-refractivity contribution in [1.29, 1.82) is 0 Å². The van der Waals surface area contributed by atoms with E-state index in [1.54, 1.807) is 44.3 Å². The van der Waals surface area contributed by atoms with Gasteiger partial charge in [0.1, 0.15) is 18.2 Å². The summed E-state index contributed by atoms with van der Waals surface area (Å²) in [4.78, 5) is 22.9. The number of rotatable bonds is 6. The fourth-order valence-corrected chi connectivity index (χ4v) is 2.92. The Kier molecular flexibility index (Phi) is 4.95. The quantitative estimate of drug-likeness (QED) is 0.475. The van der Waals surface area contributed by atoms with Gasteiger partial charge in [0.15, 0.2) is 0 Å². The smallest absolute Gasteiger partial charge is 0.312 e. The molecule has 2 aromatic carbocycles. The molecule has 4 aromatic rings. The zero-order valence-corrected chi connectivity index (χ0v) is 16.5. The number of carboxylic acids is 1. The molecule has 2 aromatic heterocycles. The molecule has 0 spiro atoms. The summed E-state index contributed by atoms with van der Waals surface area (Å²) in [6, 6.07) is 15.9. The van der Waals surface area contributed by atoms with Crippen molar-refractivity contribution < 1.29 is 19.0 Å². The summed E-state index contributed by atoms with van der Waals surface area (Å²) in [6.45, 7) is 3.15. The molecule has 0 atom stereocenters. The van der Waals surface area contributed by atoms with Crippen molar-refractivity contribution in [2.24, 2.45) is 5.41 Å². The second-order valence-electron chi connectivity index (χ2n) is 7.66. The summed E-state index contributed by atoms with van der Waals surface area (Å²) < 4.78 is 20.3. The number of halogens is 1. The van der Waals surface area contributed by atoms with E-state index >= 15 is 0 Å². The van der Waals surface area contributed by atoms with Crippen molar-refractivity contribution in [2.45, 2.75) is 13.8 Å². The second kappa shape index (κ2) is 7.59. The number of imidazole rings is 1. The van der Waals surface area contributed by atoms with E-state index in [9.17, 15) is 9.18 Å². The van der Waals surface area contributed by atoms with Gasteiger partial charge in [-0.15, -0.1) is 0 Å². The van der Waals surface area contributed by atoms with Gasteiger partial charge in [0, 0.05) is 17.8 Å². The molecule has 152 valence electrons. The molecule has 0 aliphatic carbocycles. The van der Waals surface area contributed by atoms with Crippen LogP contribution in [0, 0.1) is 11.2 Å². The molecule has 0 saturated heterocycles. The van der Waals surface area contributed by atoms with Crippen LogP contribution in [0.2, 0.25) is 0 Å². The van der Waals surface area contributed by atoms with Crippen molar-refractivity contribution in [1.82, 2.24) is 15.0 Å². The normalized spacial score (nSPS) is 11.6. The van der Waals surface area contributed by atoms with Gasteiger partial charge in [0.25, 0.3) is 0 Å². The van der Waals surface area contributed by atoms with Crippen LogP contribution < -0.4 is 4.74 Å². The largest absolute Gasteiger partial charge is 0.481 e. The summed E-state index contributed by atoms with van der Waals surface area (Å²) in [5.41, 5.74) is 2.38. The molecule has 0 unspecified atom stereocenters. The number of fused-ring (bicyclic) bond motifs is 1. The highest BCUT2D eigenvalue weighted by atomic mass is 19.1. The molecule has 30 heavy (non-hydrogen) atoms. The summed E-state index contributed by atoms with van der Waals surface area (Å²) in [6.07, 6.45) is 1.57. The lowest BCUT2D eigenvalue weighted by Gasteiger charge is -2.19. The number of carbonyl (C=O) groups is 1. The van der Waals surface area contributed by atoms with Crippen LogP contribution in [0.3, 0.4) is 0 Å². The van der Waals surface area contributed by atoms with E-state index in [1.807, 2.05) is 24.3 Å². The average Bonchev–Trinajstić information content (AvgIpc) is 3.16. The van der Waals surface area contributed by atoms with Crippen LogP contribution in [0.1, 0.15) is 13.8 Å². The predicted octanol–water partition coefficient (Wildman–Crippen LogP) is 4.92. The van der Waals surface area contributed by atoms with Gasteiger partial charge in [-0.1, -0.05) is 18.2 Å². The number of H-pyrrole nitrogens is 1. The Morgan fingerprint density at radius 1 is 1.13 bits per heavy atom. The van der Waals surface area contributed by atoms with Crippen LogP contribution in [-0.2, 0) is 4.79 Å². The van der Waals surface area contributed by atoms with E-state index in [-0.39, 0.29) is 6.61 Å². The maximum absolute atomic E-state index is 14.8. The third-order valence-corrected chi connectivity index (χ3v) is 4.84. The van der Waals surface area contributed by atoms with Crippen LogP contribution in [0.25, 0.3) is 33.5 Å². The van der Waals surface area contributed by atoms with Crippen molar-refractivity contribution >= 4 is 17.0 Å². The van der Waals surface area contributed by atoms with Gasteiger partial charge in [-0.05, 0) is 49.7 Å². The standard InChI is InChI=1S/C23H20FN3O3/c1-23(2,22(28)29)13-30-20-10-8-15(12-25-20)14-7-9-16(17(24)11-14)21-26-18-5-3-4-6-19(18)27-21/h3-12H,13H2,1-2H3,(H,26,27)(H,28,29). The Morgan fingerprint density at radius 3 is 2.57 bits per heavy atom. The molecule has 7 heteroatoms. The minimum absolute atomic E-state index is 0.00446. The summed E-state index contributed by atoms with van der Waals surface area (Å²) in [5.74, 6) is -0.551. The van der Waals surface area contributed by atoms with E-state index in [0.717, 1.165) is 16.6 Å². The number of ether oxygens (including phenoxy) is 1. The molecule has 0 bridgehead atoms. The lowest BCUT2D eigenvalue weighted by molar-refractivity contribution is -0.148. The zero-order chi connectivity index (χ0) is 21.3. The number of nitrogens with zero attached hydrogens (tertiary/aromatic N) is 2. The Morgan fingerprint density at radius 2 is 1.90 bits per heavy atom. The third kappa shape index (κ3) is 3.87. The van der Waals surface area contributed by atoms with Crippen LogP contribution in [-0.4, -0.2) is 32.6 Å². The number of aromatic amines is 1. The van der Waals surface area contributed by atoms with Crippen LogP contribution in [0.4, 0.5) is 4.39 Å². The first-order valence-electron chi connectivity index (χ1n) is 9.41. The summed E-state index contributed by atoms with van der Waals surface area (Å²) >= 11 is 0. The lowest BCUT2D eigenvalue weighted by Crippen LogP contribution is -2.30. The number of hydrogen-bond donors (Lipinski definition) is 2. The number of benzene rings is 2. The molecular formula is C23H20FN3O3. The molecule has 2 N–H and O–H groups in total. The SMILES string of the molecule is CC(C)(COc1ccc(-c2ccc(-c3nc4ccccc4[nH]3)c(F)c2)cn1)C(=O)O. The van der Waals surface area contributed by atoms with Crippen LogP contribution >= 0.6 is 0 Å². The van der Waals surface area contributed by atoms with E-state index < -0.39 is 17.2 Å². The molecule has 0 aliphatic rings. The molecular weight excluding hydrogens is 385 g/mol. The number of aliphatic carboxylic acids is 1. The van der Waals surface area contributed by atoms with E-state index in [2.05, 4.69) is 15.0 Å². The first-order valence-corrected chi connectivity index (χ1v) is 9.41. The van der Waals surface area contributed by atoms with Gasteiger partial charge in [-0.3, -0.25) is 4.79 Å². The van der Waals surface area contributed by atoms with E-state index in [1.165, 1.54) is 6.07 Å². The van der Waals surface area contributed by atoms with Crippen molar-refractivity contribution in [3.8, 4) is 28.4 Å². The number of nitrogens with one attached hydrogen (secondary N) is 1. The fraction of sp³-hybridized carbons (Fsp3) is 0.174. The average molecular weight is 405 g/mol. The number of hydrogen-bond acceptors (Lipinski definition) is 4. The Labute approximate surface area is 172 Å². The first-order chi connectivity index (χ1) is 14.3. The Bertz CT molecular complexity index is 1180. The zero-order valence-electron chi connectivity index (χ0n) is 16.5. The van der Waals surface area contributed by atoms with E-state index in [4.69, 9.17) is 9.84 Å². The van der Waals surface area contributed by atoms with Gasteiger partial charge in [-0.2, -0.15) is 0 Å². The van der Waals surface area contributed by atoms with Crippen LogP contribution in [0.5, 0.6) is 5.88 Å². The molecule has 0 amide bonds. The fourth-order valence-electron chi connectivity index (χ4n) is 2.92. The number of para-hydroxylation sites is 2. The molecule has 0 fully saturated rings. The minimum Gasteiger partial charge on any atom is -0.481 e. The summed E-state index contributed by atoms with van der Waals surface area (Å²) in [7, 11) is 0. The third-order valence-electron chi connectivity index (χ3n) is 4.84. The second-order valence-corrected chi connectivity index (χ2v) is 7.66. The first kappa shape index (κ1) is 19.6. The van der Waals surface area contributed by atoms with Gasteiger partial charge in [-0.25, -0.2) is 14.4 Å². The molecule has 4 rings (SSSR count). The highest BCUT2D eigenvalue weighted by Crippen LogP contribution is 2.28. The van der Waals surface area contributed by atoms with Gasteiger partial charge >= 0.3 is 5.97 Å². The van der Waals surface area contributed by atoms with E-state index in [0.29, 0.717) is 22.8 Å². The summed E-state index contributed by atoms with van der Waals surface area (Å²) in [5, 5.41) is 9.14. The number of aromatic nitrogens is 3. The van der Waals surface area contributed by atoms with Crippen molar-refractivity contribution in [2.75, 3.05) is 6.61 Å². The molecule has 0 saturated carbocycles. The molecule has 6 nitrogen and oxygen atoms in total. The van der Waals surface area contributed by atoms with Gasteiger partial charge in [0.05, 0.1) is 22.0 Å². The number of pyridine rings is 1. The lowest BCUT2D eigenvalue weighted by atomic mass is 9.95. The van der Waals surface area contributed by atoms with Gasteiger partial charge < -0.3 is 14.8 Å². The monoisotopic (exact) mass is 405 g/mol. The highest BCUT2D eigenvalue weighted by molar-refractivity contribution is 5.80. The number of carboxylic acid groups (broad SMARTS) is 1. The van der Waals surface area contributed by atoms with Crippen molar-refractivity contribution in [3.63, 3.8) is 0 Å². The van der Waals surface area contributed by atoms with Crippen LogP contribution in [0.15, 0.2) is 60.8 Å². The van der Waals surface area contributed by atoms with Crippen molar-refractivity contribution in [3.05, 3.63) is 66.6 Å². The highest BCUT2D eigenvalue weighted by Gasteiger charge is 2.28. The molecule has 2 heterocycles. The van der Waals surface area contributed by atoms with Gasteiger partial charge in [0.2, 0.25) is 5.88 Å². The minimum atomic E-state index is -1.02. The topological polar surface area (TPSA) is 88.1 Å². The molecule has 0 radical (unpaired) electrons. The molecule has 0 aliphatic heterocycles. The maximum atomic E-state index is 14.8. The maximum Gasteiger partial charge on any atom is 0.312 e. The Hall–Kier alpha value is -3.74.